The largest absolute Gasteiger partial charge is 0.187 e. The highest BCUT2D eigenvalue weighted by atomic mass is 35.5. The average molecular weight is 136 g/mol. The molecule has 7 heavy (non-hydrogen) atoms. The molecule has 0 aliphatic carbocycles. The van der Waals surface area contributed by atoms with Crippen LogP contribution in [0.15, 0.2) is 0 Å². The molecular formula is C5H13AlCl. The zero-order valence-corrected chi connectivity index (χ0v) is 4.83. The molecule has 1 unspecified atom stereocenters. The number of halogens is 1. The van der Waals surface area contributed by atoms with E-state index in [-0.39, 0.29) is 17.4 Å². The minimum atomic E-state index is 0. The first-order valence-corrected chi connectivity index (χ1v) is 2.70. The van der Waals surface area contributed by atoms with Crippen molar-refractivity contribution in [2.45, 2.75) is 13.3 Å². The molecule has 0 amide bonds. The van der Waals surface area contributed by atoms with Crippen LogP contribution in [0.2, 0.25) is 0 Å². The van der Waals surface area contributed by atoms with Crippen LogP contribution in [0.1, 0.15) is 13.3 Å². The maximum absolute atomic E-state index is 5.36. The van der Waals surface area contributed by atoms with Gasteiger partial charge in [-0.2, -0.15) is 0 Å². The summed E-state index contributed by atoms with van der Waals surface area (Å²) >= 11 is 5.36. The Balaban J connectivity index is 0. The third-order valence-corrected chi connectivity index (χ3v) is 0.820. The van der Waals surface area contributed by atoms with Crippen LogP contribution in [0.5, 0.6) is 0 Å². The Morgan fingerprint density at radius 2 is 2.14 bits per heavy atom. The lowest BCUT2D eigenvalue weighted by Crippen LogP contribution is -1.85. The zero-order valence-electron chi connectivity index (χ0n) is 4.08. The molecule has 0 fully saturated rings. The molecule has 0 spiro atoms. The molecule has 2 heteroatoms. The Labute approximate surface area is 61.4 Å². The van der Waals surface area contributed by atoms with Crippen LogP contribution >= 0.6 is 11.6 Å². The second kappa shape index (κ2) is 6.82. The fourth-order valence-electron chi connectivity index (χ4n) is 0.186. The molecular weight excluding hydrogens is 122 g/mol. The fourth-order valence-corrected chi connectivity index (χ4v) is 0.559. The minimum absolute atomic E-state index is 0. The molecule has 0 saturated carbocycles. The summed E-state index contributed by atoms with van der Waals surface area (Å²) in [5.74, 6) is 1.26. The summed E-state index contributed by atoms with van der Waals surface area (Å²) in [5, 5.41) is 0. The Kier molecular flexibility index (Phi) is 10.5. The summed E-state index contributed by atoms with van der Waals surface area (Å²) in [5.41, 5.74) is 0. The van der Waals surface area contributed by atoms with E-state index in [1.165, 1.54) is 0 Å². The van der Waals surface area contributed by atoms with Crippen LogP contribution in [-0.2, 0) is 0 Å². The number of rotatable bonds is 2. The van der Waals surface area contributed by atoms with Crippen molar-refractivity contribution in [1.82, 2.24) is 0 Å². The summed E-state index contributed by atoms with van der Waals surface area (Å²) < 4.78 is 0. The third kappa shape index (κ3) is 10.9. The summed E-state index contributed by atoms with van der Waals surface area (Å²) in [6.07, 6.45) is 1.03. The van der Waals surface area contributed by atoms with E-state index in [1.54, 1.807) is 0 Å². The van der Waals surface area contributed by atoms with Crippen molar-refractivity contribution >= 4 is 29.0 Å². The third-order valence-electron chi connectivity index (χ3n) is 0.602. The first kappa shape index (κ1) is 10.7. The second-order valence-electron chi connectivity index (χ2n) is 1.58. The molecule has 0 aliphatic heterocycles. The molecule has 0 aromatic rings. The lowest BCUT2D eigenvalue weighted by Gasteiger charge is -1.94. The average Bonchev–Trinajstić information content (AvgIpc) is 1.35. The highest BCUT2D eigenvalue weighted by Crippen LogP contribution is 1.98. The summed E-state index contributed by atoms with van der Waals surface area (Å²) in [6, 6.07) is 0. The maximum Gasteiger partial charge on any atom is 0.187 e. The van der Waals surface area contributed by atoms with Crippen molar-refractivity contribution in [2.24, 2.45) is 5.92 Å². The minimum Gasteiger partial charge on any atom is -0.127 e. The van der Waals surface area contributed by atoms with E-state index in [2.05, 4.69) is 13.8 Å². The van der Waals surface area contributed by atoms with Crippen LogP contribution in [0.3, 0.4) is 0 Å². The predicted molar refractivity (Wildman–Crippen MR) is 39.8 cm³/mol. The molecule has 0 aromatic carbocycles. The van der Waals surface area contributed by atoms with Crippen LogP contribution in [-0.4, -0.2) is 23.2 Å². The quantitative estimate of drug-likeness (QED) is 0.390. The smallest absolute Gasteiger partial charge is 0.127 e. The van der Waals surface area contributed by atoms with Gasteiger partial charge in [0.25, 0.3) is 0 Å². The molecule has 43 valence electrons. The van der Waals surface area contributed by atoms with E-state index in [0.717, 1.165) is 12.3 Å². The Morgan fingerprint density at radius 3 is 2.14 bits per heavy atom. The summed E-state index contributed by atoms with van der Waals surface area (Å²) in [7, 11) is 0. The van der Waals surface area contributed by atoms with Crippen molar-refractivity contribution < 1.29 is 0 Å². The Morgan fingerprint density at radius 1 is 1.71 bits per heavy atom. The van der Waals surface area contributed by atoms with Gasteiger partial charge in [-0.1, -0.05) is 13.8 Å². The van der Waals surface area contributed by atoms with E-state index in [1.807, 2.05) is 0 Å². The van der Waals surface area contributed by atoms with E-state index < -0.39 is 0 Å². The van der Waals surface area contributed by atoms with Gasteiger partial charge >= 0.3 is 0 Å². The van der Waals surface area contributed by atoms with Gasteiger partial charge in [-0.3, -0.25) is 0 Å². The van der Waals surface area contributed by atoms with E-state index in [9.17, 15) is 0 Å². The zero-order chi connectivity index (χ0) is 4.99. The lowest BCUT2D eigenvalue weighted by molar-refractivity contribution is 0.699. The SMILES string of the molecule is [AlH3].[CH2]C(C)CCCl. The van der Waals surface area contributed by atoms with Crippen molar-refractivity contribution in [2.75, 3.05) is 5.88 Å². The fraction of sp³-hybridized carbons (Fsp3) is 0.800. The van der Waals surface area contributed by atoms with Gasteiger partial charge in [0.05, 0.1) is 0 Å². The molecule has 0 N–H and O–H groups in total. The van der Waals surface area contributed by atoms with Crippen LogP contribution in [0.25, 0.3) is 0 Å². The van der Waals surface area contributed by atoms with E-state index in [4.69, 9.17) is 11.6 Å². The molecule has 0 saturated heterocycles. The lowest BCUT2D eigenvalue weighted by atomic mass is 10.2. The molecule has 0 nitrogen and oxygen atoms in total. The van der Waals surface area contributed by atoms with Gasteiger partial charge in [-0.25, -0.2) is 0 Å². The van der Waals surface area contributed by atoms with Crippen molar-refractivity contribution in [3.05, 3.63) is 6.92 Å². The van der Waals surface area contributed by atoms with Gasteiger partial charge in [0.1, 0.15) is 0 Å². The van der Waals surface area contributed by atoms with Crippen molar-refractivity contribution in [1.29, 1.82) is 0 Å². The van der Waals surface area contributed by atoms with Crippen molar-refractivity contribution in [3.63, 3.8) is 0 Å². The Hall–Kier alpha value is 0.822. The summed E-state index contributed by atoms with van der Waals surface area (Å²) in [6.45, 7) is 5.80. The standard InChI is InChI=1S/C5H10Cl.Al.3H/c1-5(2)3-4-6;;;;/h5H,1,3-4H2,2H3;;;;. The van der Waals surface area contributed by atoms with E-state index >= 15 is 0 Å². The van der Waals surface area contributed by atoms with Gasteiger partial charge < -0.3 is 0 Å². The first-order chi connectivity index (χ1) is 2.77. The van der Waals surface area contributed by atoms with Gasteiger partial charge in [0.15, 0.2) is 17.4 Å². The highest BCUT2D eigenvalue weighted by molar-refractivity contribution is 6.17. The van der Waals surface area contributed by atoms with Gasteiger partial charge in [0, 0.05) is 5.88 Å². The topological polar surface area (TPSA) is 0 Å². The number of hydrogen-bond donors (Lipinski definition) is 0. The first-order valence-electron chi connectivity index (χ1n) is 2.16. The monoisotopic (exact) mass is 135 g/mol. The number of hydrogen-bond acceptors (Lipinski definition) is 0. The molecule has 0 aromatic heterocycles. The number of alkyl halides is 1. The molecule has 0 aliphatic rings. The second-order valence-corrected chi connectivity index (χ2v) is 1.96. The maximum atomic E-state index is 5.36. The van der Waals surface area contributed by atoms with Crippen LogP contribution in [0, 0.1) is 12.8 Å². The Bertz CT molecular complexity index is 29.3. The molecule has 1 atom stereocenters. The van der Waals surface area contributed by atoms with Gasteiger partial charge in [0.2, 0.25) is 0 Å². The van der Waals surface area contributed by atoms with Gasteiger partial charge in [-0.05, 0) is 12.3 Å². The molecule has 0 heterocycles. The van der Waals surface area contributed by atoms with Gasteiger partial charge in [-0.15, -0.1) is 11.6 Å². The molecule has 1 radical (unpaired) electrons. The van der Waals surface area contributed by atoms with Crippen LogP contribution < -0.4 is 0 Å². The van der Waals surface area contributed by atoms with Crippen molar-refractivity contribution in [3.8, 4) is 0 Å². The van der Waals surface area contributed by atoms with E-state index in [0.29, 0.717) is 5.92 Å². The van der Waals surface area contributed by atoms with Crippen LogP contribution in [0.4, 0.5) is 0 Å². The molecule has 0 rings (SSSR count). The summed E-state index contributed by atoms with van der Waals surface area (Å²) in [4.78, 5) is 0. The predicted octanol–water partition coefficient (Wildman–Crippen LogP) is 0.902. The normalized spacial score (nSPS) is 8.57. The highest BCUT2D eigenvalue weighted by Gasteiger charge is 1.87. The molecule has 0 bridgehead atoms.